The lowest BCUT2D eigenvalue weighted by molar-refractivity contribution is -0.137. The van der Waals surface area contributed by atoms with Crippen LogP contribution < -0.4 is 16.6 Å². The number of carbonyl (C=O) groups excluding carboxylic acids is 1. The number of halogens is 3. The summed E-state index contributed by atoms with van der Waals surface area (Å²) in [5.74, 6) is 5.10. The molecule has 1 aliphatic carbocycles. The van der Waals surface area contributed by atoms with Crippen LogP contribution in [0.3, 0.4) is 0 Å². The van der Waals surface area contributed by atoms with Gasteiger partial charge < -0.3 is 10.7 Å². The molecule has 1 amide bonds. The Bertz CT molecular complexity index is 512. The zero-order valence-corrected chi connectivity index (χ0v) is 10.9. The molecule has 7 heteroatoms. The van der Waals surface area contributed by atoms with E-state index in [2.05, 4.69) is 10.7 Å². The van der Waals surface area contributed by atoms with E-state index in [1.807, 2.05) is 6.92 Å². The number of rotatable bonds is 4. The average molecular weight is 287 g/mol. The van der Waals surface area contributed by atoms with Crippen molar-refractivity contribution in [3.05, 3.63) is 29.3 Å². The van der Waals surface area contributed by atoms with Crippen molar-refractivity contribution in [3.8, 4) is 0 Å². The third-order valence-corrected chi connectivity index (χ3v) is 3.43. The normalized spacial score (nSPS) is 16.6. The highest BCUT2D eigenvalue weighted by Gasteiger charge is 2.33. The minimum atomic E-state index is -4.50. The molecule has 0 aromatic heterocycles. The molecule has 2 rings (SSSR count). The predicted molar refractivity (Wildman–Crippen MR) is 68.9 cm³/mol. The van der Waals surface area contributed by atoms with Crippen molar-refractivity contribution >= 4 is 11.6 Å². The van der Waals surface area contributed by atoms with Crippen LogP contribution >= 0.6 is 0 Å². The Kier molecular flexibility index (Phi) is 3.89. The van der Waals surface area contributed by atoms with Gasteiger partial charge in [0.25, 0.3) is 5.91 Å². The fraction of sp³-hybridized carbons (Fsp3) is 0.462. The molecule has 1 aromatic carbocycles. The first-order valence-electron chi connectivity index (χ1n) is 6.31. The number of carbonyl (C=O) groups is 1. The lowest BCUT2D eigenvalue weighted by Crippen LogP contribution is -2.34. The van der Waals surface area contributed by atoms with Gasteiger partial charge in [0.1, 0.15) is 0 Å². The fourth-order valence-electron chi connectivity index (χ4n) is 2.03. The fourth-order valence-corrected chi connectivity index (χ4v) is 2.03. The van der Waals surface area contributed by atoms with E-state index < -0.39 is 17.6 Å². The van der Waals surface area contributed by atoms with Gasteiger partial charge in [-0.2, -0.15) is 13.2 Å². The zero-order valence-electron chi connectivity index (χ0n) is 10.9. The summed E-state index contributed by atoms with van der Waals surface area (Å²) in [6.45, 7) is 1.85. The quantitative estimate of drug-likeness (QED) is 0.589. The summed E-state index contributed by atoms with van der Waals surface area (Å²) in [5.41, 5.74) is 1.43. The molecule has 4 nitrogen and oxygen atoms in total. The molecule has 0 heterocycles. The van der Waals surface area contributed by atoms with Crippen LogP contribution in [0.2, 0.25) is 0 Å². The smallest absolute Gasteiger partial charge is 0.349 e. The van der Waals surface area contributed by atoms with E-state index in [1.165, 1.54) is 0 Å². The van der Waals surface area contributed by atoms with Gasteiger partial charge in [-0.05, 0) is 43.9 Å². The summed E-state index contributed by atoms with van der Waals surface area (Å²) in [6, 6.07) is 2.79. The van der Waals surface area contributed by atoms with Crippen LogP contribution in [0.15, 0.2) is 18.2 Å². The zero-order chi connectivity index (χ0) is 14.9. The second-order valence-electron chi connectivity index (χ2n) is 5.00. The van der Waals surface area contributed by atoms with Gasteiger partial charge in [0.15, 0.2) is 0 Å². The molecule has 0 spiro atoms. The third kappa shape index (κ3) is 3.22. The summed E-state index contributed by atoms with van der Waals surface area (Å²) < 4.78 is 38.1. The van der Waals surface area contributed by atoms with Gasteiger partial charge >= 0.3 is 6.18 Å². The highest BCUT2D eigenvalue weighted by atomic mass is 19.4. The standard InChI is InChI=1S/C13H16F3N3O/c1-7(8-2-3-8)18-12(20)10-6-9(13(14,15)16)4-5-11(10)19-17/h4-8,19H,2-3,17H2,1H3,(H,18,20). The van der Waals surface area contributed by atoms with E-state index in [0.29, 0.717) is 5.92 Å². The van der Waals surface area contributed by atoms with Crippen LogP contribution in [0.1, 0.15) is 35.7 Å². The molecule has 1 unspecified atom stereocenters. The maximum atomic E-state index is 12.7. The van der Waals surface area contributed by atoms with Gasteiger partial charge in [0.05, 0.1) is 16.8 Å². The number of nitrogens with two attached hydrogens (primary N) is 1. The molecule has 1 saturated carbocycles. The molecule has 20 heavy (non-hydrogen) atoms. The number of nitrogen functional groups attached to an aromatic ring is 1. The molecule has 110 valence electrons. The maximum Gasteiger partial charge on any atom is 0.416 e. The number of hydrogen-bond acceptors (Lipinski definition) is 3. The lowest BCUT2D eigenvalue weighted by Gasteiger charge is -2.16. The Balaban J connectivity index is 2.25. The predicted octanol–water partition coefficient (Wildman–Crippen LogP) is 2.52. The molecule has 1 atom stereocenters. The van der Waals surface area contributed by atoms with Crippen LogP contribution in [0, 0.1) is 5.92 Å². The monoisotopic (exact) mass is 287 g/mol. The number of anilines is 1. The molecule has 1 aliphatic rings. The topological polar surface area (TPSA) is 67.2 Å². The van der Waals surface area contributed by atoms with Gasteiger partial charge in [-0.15, -0.1) is 0 Å². The molecule has 0 radical (unpaired) electrons. The van der Waals surface area contributed by atoms with Crippen molar-refractivity contribution in [2.45, 2.75) is 32.0 Å². The maximum absolute atomic E-state index is 12.7. The first-order chi connectivity index (χ1) is 9.32. The van der Waals surface area contributed by atoms with Crippen molar-refractivity contribution in [1.29, 1.82) is 0 Å². The Hall–Kier alpha value is -1.76. The lowest BCUT2D eigenvalue weighted by atomic mass is 10.1. The van der Waals surface area contributed by atoms with E-state index >= 15 is 0 Å². The molecule has 0 aliphatic heterocycles. The Morgan fingerprint density at radius 3 is 2.55 bits per heavy atom. The summed E-state index contributed by atoms with van der Waals surface area (Å²) in [5, 5.41) is 2.71. The number of amides is 1. The molecule has 1 fully saturated rings. The van der Waals surface area contributed by atoms with Gasteiger partial charge in [0, 0.05) is 6.04 Å². The molecule has 4 N–H and O–H groups in total. The molecule has 1 aromatic rings. The number of nitrogens with one attached hydrogen (secondary N) is 2. The van der Waals surface area contributed by atoms with Gasteiger partial charge in [0.2, 0.25) is 0 Å². The molecule has 0 bridgehead atoms. The van der Waals surface area contributed by atoms with Crippen LogP contribution in [0.25, 0.3) is 0 Å². The second kappa shape index (κ2) is 5.32. The van der Waals surface area contributed by atoms with E-state index in [9.17, 15) is 18.0 Å². The van der Waals surface area contributed by atoms with Crippen LogP contribution in [-0.2, 0) is 6.18 Å². The van der Waals surface area contributed by atoms with Crippen molar-refractivity contribution < 1.29 is 18.0 Å². The third-order valence-electron chi connectivity index (χ3n) is 3.43. The number of hydrogen-bond donors (Lipinski definition) is 3. The first kappa shape index (κ1) is 14.6. The van der Waals surface area contributed by atoms with E-state index in [0.717, 1.165) is 31.0 Å². The van der Waals surface area contributed by atoms with E-state index in [-0.39, 0.29) is 17.3 Å². The number of hydrazine groups is 1. The minimum Gasteiger partial charge on any atom is -0.349 e. The first-order valence-corrected chi connectivity index (χ1v) is 6.31. The van der Waals surface area contributed by atoms with E-state index in [1.54, 1.807) is 0 Å². The van der Waals surface area contributed by atoms with Gasteiger partial charge in [-0.1, -0.05) is 0 Å². The Morgan fingerprint density at radius 1 is 1.40 bits per heavy atom. The van der Waals surface area contributed by atoms with Gasteiger partial charge in [-0.25, -0.2) is 0 Å². The summed E-state index contributed by atoms with van der Waals surface area (Å²) in [4.78, 5) is 12.1. The van der Waals surface area contributed by atoms with Crippen molar-refractivity contribution in [2.24, 2.45) is 11.8 Å². The highest BCUT2D eigenvalue weighted by Crippen LogP contribution is 2.34. The summed E-state index contributed by atoms with van der Waals surface area (Å²) in [6.07, 6.45) is -2.43. The average Bonchev–Trinajstić information content (AvgIpc) is 3.20. The summed E-state index contributed by atoms with van der Waals surface area (Å²) in [7, 11) is 0. The van der Waals surface area contributed by atoms with Crippen LogP contribution in [0.5, 0.6) is 0 Å². The van der Waals surface area contributed by atoms with Crippen LogP contribution in [0.4, 0.5) is 18.9 Å². The van der Waals surface area contributed by atoms with Crippen molar-refractivity contribution in [3.63, 3.8) is 0 Å². The molecular formula is C13H16F3N3O. The minimum absolute atomic E-state index is 0.0531. The van der Waals surface area contributed by atoms with Crippen molar-refractivity contribution in [2.75, 3.05) is 5.43 Å². The van der Waals surface area contributed by atoms with Crippen LogP contribution in [-0.4, -0.2) is 11.9 Å². The largest absolute Gasteiger partial charge is 0.416 e. The highest BCUT2D eigenvalue weighted by molar-refractivity contribution is 6.00. The SMILES string of the molecule is CC(NC(=O)c1cc(C(F)(F)F)ccc1NN)C1CC1. The summed E-state index contributed by atoms with van der Waals surface area (Å²) >= 11 is 0. The van der Waals surface area contributed by atoms with Gasteiger partial charge in [-0.3, -0.25) is 10.6 Å². The molecular weight excluding hydrogens is 271 g/mol. The van der Waals surface area contributed by atoms with E-state index in [4.69, 9.17) is 5.84 Å². The molecule has 0 saturated heterocycles. The Labute approximate surface area is 114 Å². The van der Waals surface area contributed by atoms with Crippen molar-refractivity contribution in [1.82, 2.24) is 5.32 Å². The Morgan fingerprint density at radius 2 is 2.05 bits per heavy atom. The number of alkyl halides is 3. The number of benzene rings is 1. The second-order valence-corrected chi connectivity index (χ2v) is 5.00.